The van der Waals surface area contributed by atoms with E-state index < -0.39 is 29.2 Å². The van der Waals surface area contributed by atoms with Crippen molar-refractivity contribution in [2.24, 2.45) is 5.92 Å². The Hall–Kier alpha value is -1.37. The lowest BCUT2D eigenvalue weighted by Crippen LogP contribution is -2.36. The molecule has 0 spiro atoms. The van der Waals surface area contributed by atoms with Gasteiger partial charge in [-0.15, -0.1) is 0 Å². The van der Waals surface area contributed by atoms with Crippen LogP contribution in [0.15, 0.2) is 0 Å². The number of rotatable bonds is 3. The van der Waals surface area contributed by atoms with Gasteiger partial charge in [-0.1, -0.05) is 0 Å². The van der Waals surface area contributed by atoms with Gasteiger partial charge in [0.2, 0.25) is 11.6 Å². The Morgan fingerprint density at radius 1 is 1.11 bits per heavy atom. The largest absolute Gasteiger partial charge is 0.384 e. The molecule has 1 aliphatic rings. The van der Waals surface area contributed by atoms with Gasteiger partial charge in [-0.3, -0.25) is 0 Å². The first kappa shape index (κ1) is 14.0. The molecule has 0 unspecified atom stereocenters. The number of piperidine rings is 1. The number of pyridine rings is 1. The Labute approximate surface area is 108 Å². The molecule has 2 heterocycles. The second-order valence-electron chi connectivity index (χ2n) is 4.56. The number of aromatic nitrogens is 1. The fourth-order valence-corrected chi connectivity index (χ4v) is 2.31. The summed E-state index contributed by atoms with van der Waals surface area (Å²) in [6.07, 6.45) is 1.30. The van der Waals surface area contributed by atoms with Crippen LogP contribution in [0.5, 0.6) is 0 Å². The number of hydrogen-bond acceptors (Lipinski definition) is 3. The number of hydrogen-bond donors (Lipinski definition) is 0. The van der Waals surface area contributed by atoms with Crippen LogP contribution in [0.25, 0.3) is 0 Å². The average molecular weight is 278 g/mol. The molecule has 1 saturated heterocycles. The van der Waals surface area contributed by atoms with E-state index in [0.29, 0.717) is 38.5 Å². The highest BCUT2D eigenvalue weighted by Crippen LogP contribution is 2.30. The summed E-state index contributed by atoms with van der Waals surface area (Å²) in [6.45, 7) is 1.22. The van der Waals surface area contributed by atoms with Crippen LogP contribution in [0.4, 0.5) is 23.2 Å². The first-order chi connectivity index (χ1) is 9.04. The van der Waals surface area contributed by atoms with E-state index >= 15 is 0 Å². The Kier molecular flexibility index (Phi) is 4.24. The molecule has 1 aromatic heterocycles. The normalized spacial score (nSPS) is 17.0. The minimum Gasteiger partial charge on any atom is -0.384 e. The summed E-state index contributed by atoms with van der Waals surface area (Å²) < 4.78 is 58.2. The second kappa shape index (κ2) is 5.73. The molecule has 19 heavy (non-hydrogen) atoms. The number of halogens is 4. The zero-order valence-electron chi connectivity index (χ0n) is 10.4. The lowest BCUT2D eigenvalue weighted by Gasteiger charge is -2.33. The molecule has 0 atom stereocenters. The molecule has 0 radical (unpaired) electrons. The van der Waals surface area contributed by atoms with Gasteiger partial charge in [0.1, 0.15) is 5.69 Å². The van der Waals surface area contributed by atoms with E-state index in [0.717, 1.165) is 0 Å². The molecule has 0 amide bonds. The van der Waals surface area contributed by atoms with Gasteiger partial charge in [-0.25, -0.2) is 0 Å². The molecule has 7 heteroatoms. The SMILES string of the molecule is COCC1CCN(c2c(F)c(F)nc(F)c2F)CC1. The summed E-state index contributed by atoms with van der Waals surface area (Å²) in [5.41, 5.74) is -0.666. The Morgan fingerprint density at radius 3 is 2.11 bits per heavy atom. The molecule has 0 N–H and O–H groups in total. The topological polar surface area (TPSA) is 25.4 Å². The maximum absolute atomic E-state index is 13.6. The lowest BCUT2D eigenvalue weighted by molar-refractivity contribution is 0.138. The van der Waals surface area contributed by atoms with Crippen LogP contribution in [0.1, 0.15) is 12.8 Å². The van der Waals surface area contributed by atoms with Gasteiger partial charge in [0.25, 0.3) is 11.9 Å². The van der Waals surface area contributed by atoms with Crippen molar-refractivity contribution in [3.63, 3.8) is 0 Å². The summed E-state index contributed by atoms with van der Waals surface area (Å²) in [4.78, 5) is 3.85. The van der Waals surface area contributed by atoms with E-state index in [9.17, 15) is 17.6 Å². The van der Waals surface area contributed by atoms with Gasteiger partial charge < -0.3 is 9.64 Å². The molecule has 1 aromatic rings. The molecule has 0 bridgehead atoms. The van der Waals surface area contributed by atoms with Crippen molar-refractivity contribution in [1.82, 2.24) is 4.98 Å². The van der Waals surface area contributed by atoms with Gasteiger partial charge in [0.05, 0.1) is 0 Å². The van der Waals surface area contributed by atoms with Crippen molar-refractivity contribution >= 4 is 5.69 Å². The monoisotopic (exact) mass is 278 g/mol. The van der Waals surface area contributed by atoms with Crippen molar-refractivity contribution in [3.05, 3.63) is 23.5 Å². The van der Waals surface area contributed by atoms with Crippen LogP contribution in [0.2, 0.25) is 0 Å². The molecule has 0 aliphatic carbocycles. The molecule has 106 valence electrons. The highest BCUT2D eigenvalue weighted by Gasteiger charge is 2.28. The Balaban J connectivity index is 2.20. The maximum Gasteiger partial charge on any atom is 0.253 e. The Bertz CT molecular complexity index is 435. The zero-order chi connectivity index (χ0) is 14.0. The van der Waals surface area contributed by atoms with Gasteiger partial charge >= 0.3 is 0 Å². The van der Waals surface area contributed by atoms with Crippen molar-refractivity contribution in [2.45, 2.75) is 12.8 Å². The predicted molar refractivity (Wildman–Crippen MR) is 60.9 cm³/mol. The second-order valence-corrected chi connectivity index (χ2v) is 4.56. The van der Waals surface area contributed by atoms with E-state index in [1.165, 1.54) is 4.90 Å². The van der Waals surface area contributed by atoms with Crippen LogP contribution in [-0.4, -0.2) is 31.8 Å². The van der Waals surface area contributed by atoms with E-state index in [4.69, 9.17) is 4.74 Å². The summed E-state index contributed by atoms with van der Waals surface area (Å²) in [6, 6.07) is 0. The fourth-order valence-electron chi connectivity index (χ4n) is 2.31. The number of anilines is 1. The average Bonchev–Trinajstić information content (AvgIpc) is 2.39. The van der Waals surface area contributed by atoms with Crippen molar-refractivity contribution < 1.29 is 22.3 Å². The highest BCUT2D eigenvalue weighted by atomic mass is 19.2. The van der Waals surface area contributed by atoms with E-state index in [1.54, 1.807) is 7.11 Å². The maximum atomic E-state index is 13.6. The third-order valence-corrected chi connectivity index (χ3v) is 3.31. The van der Waals surface area contributed by atoms with Crippen LogP contribution < -0.4 is 4.90 Å². The van der Waals surface area contributed by atoms with Crippen LogP contribution in [0, 0.1) is 29.4 Å². The molecule has 3 nitrogen and oxygen atoms in total. The third-order valence-electron chi connectivity index (χ3n) is 3.31. The summed E-state index contributed by atoms with van der Waals surface area (Å²) in [5, 5.41) is 0. The van der Waals surface area contributed by atoms with Gasteiger partial charge in [0, 0.05) is 26.8 Å². The highest BCUT2D eigenvalue weighted by molar-refractivity contribution is 5.48. The van der Waals surface area contributed by atoms with E-state index in [1.807, 2.05) is 0 Å². The van der Waals surface area contributed by atoms with Crippen LogP contribution in [-0.2, 0) is 4.74 Å². The quantitative estimate of drug-likeness (QED) is 0.627. The molecule has 0 aromatic carbocycles. The number of ether oxygens (including phenoxy) is 1. The minimum absolute atomic E-state index is 0.295. The Morgan fingerprint density at radius 2 is 1.63 bits per heavy atom. The molecule has 2 rings (SSSR count). The molecule has 1 fully saturated rings. The summed E-state index contributed by atoms with van der Waals surface area (Å²) in [7, 11) is 1.58. The standard InChI is InChI=1S/C12H14F4N2O/c1-19-6-7-2-4-18(5-3-7)10-8(13)11(15)17-12(16)9(10)14/h7H,2-6H2,1H3. The minimum atomic E-state index is -1.62. The smallest absolute Gasteiger partial charge is 0.253 e. The van der Waals surface area contributed by atoms with Crippen molar-refractivity contribution in [2.75, 3.05) is 31.7 Å². The van der Waals surface area contributed by atoms with Crippen LogP contribution in [0.3, 0.4) is 0 Å². The van der Waals surface area contributed by atoms with E-state index in [-0.39, 0.29) is 0 Å². The van der Waals surface area contributed by atoms with Gasteiger partial charge in [-0.05, 0) is 18.8 Å². The molecule has 0 saturated carbocycles. The third kappa shape index (κ3) is 2.80. The summed E-state index contributed by atoms with van der Waals surface area (Å²) in [5.74, 6) is -5.82. The van der Waals surface area contributed by atoms with Gasteiger partial charge in [-0.2, -0.15) is 22.5 Å². The first-order valence-corrected chi connectivity index (χ1v) is 5.98. The number of nitrogens with zero attached hydrogens (tertiary/aromatic N) is 2. The van der Waals surface area contributed by atoms with E-state index in [2.05, 4.69) is 4.98 Å². The zero-order valence-corrected chi connectivity index (χ0v) is 10.4. The molecular weight excluding hydrogens is 264 g/mol. The lowest BCUT2D eigenvalue weighted by atomic mass is 9.97. The summed E-state index contributed by atoms with van der Waals surface area (Å²) >= 11 is 0. The predicted octanol–water partition coefficient (Wildman–Crippen LogP) is 2.50. The van der Waals surface area contributed by atoms with Crippen LogP contribution >= 0.6 is 0 Å². The number of methoxy groups -OCH3 is 1. The molecular formula is C12H14F4N2O. The van der Waals surface area contributed by atoms with Gasteiger partial charge in [0.15, 0.2) is 0 Å². The molecule has 1 aliphatic heterocycles. The van der Waals surface area contributed by atoms with Crippen molar-refractivity contribution in [3.8, 4) is 0 Å². The fraction of sp³-hybridized carbons (Fsp3) is 0.583. The van der Waals surface area contributed by atoms with Crippen molar-refractivity contribution in [1.29, 1.82) is 0 Å². The first-order valence-electron chi connectivity index (χ1n) is 5.98.